The molecule has 3 aromatic rings. The first-order valence-corrected chi connectivity index (χ1v) is 12.7. The first-order valence-electron chi connectivity index (χ1n) is 12.7. The van der Waals surface area contributed by atoms with Crippen molar-refractivity contribution in [2.24, 2.45) is 11.0 Å². The molecule has 2 amide bonds. The number of nitrogens with one attached hydrogen (secondary N) is 2. The number of ether oxygens (including phenoxy) is 1. The normalized spacial score (nSPS) is 12.2. The minimum Gasteiger partial charge on any atom is -0.406 e. The zero-order chi connectivity index (χ0) is 32.8. The summed E-state index contributed by atoms with van der Waals surface area (Å²) in [5.74, 6) is -3.97. The predicted octanol–water partition coefficient (Wildman–Crippen LogP) is 4.45. The van der Waals surface area contributed by atoms with Gasteiger partial charge in [-0.1, -0.05) is 28.6 Å². The average Bonchev–Trinajstić information content (AvgIpc) is 3.43. The number of hydrogen-bond acceptors (Lipinski definition) is 8. The lowest BCUT2D eigenvalue weighted by Crippen LogP contribution is -2.24. The number of hydrogen-bond donors (Lipinski definition) is 3. The molecular formula is C26H29F6N9O3. The molecule has 0 aliphatic rings. The first kappa shape index (κ1) is 35.2. The Kier molecular flexibility index (Phi) is 13.2. The van der Waals surface area contributed by atoms with E-state index in [9.17, 15) is 31.1 Å². The maximum atomic E-state index is 14.5. The molecule has 1 atom stereocenters. The fourth-order valence-corrected chi connectivity index (χ4v) is 3.44. The molecule has 0 saturated carbocycles. The van der Waals surface area contributed by atoms with Gasteiger partial charge in [0.1, 0.15) is 11.9 Å². The number of aromatic nitrogens is 4. The number of carbonyl (C=O) groups excluding carboxylic acids is 2. The van der Waals surface area contributed by atoms with E-state index in [0.29, 0.717) is 11.3 Å². The quantitative estimate of drug-likeness (QED) is 0.103. The molecule has 44 heavy (non-hydrogen) atoms. The molecule has 4 N–H and O–H groups in total. The van der Waals surface area contributed by atoms with Crippen LogP contribution in [0.4, 0.5) is 26.3 Å². The Hall–Kier alpha value is -5.03. The van der Waals surface area contributed by atoms with E-state index in [0.717, 1.165) is 18.1 Å². The van der Waals surface area contributed by atoms with Crippen LogP contribution in [0.5, 0.6) is 5.75 Å². The molecule has 0 aliphatic heterocycles. The van der Waals surface area contributed by atoms with E-state index in [4.69, 9.17) is 10.3 Å². The van der Waals surface area contributed by atoms with Crippen LogP contribution in [0.2, 0.25) is 0 Å². The third kappa shape index (κ3) is 12.9. The highest BCUT2D eigenvalue weighted by Gasteiger charge is 2.31. The van der Waals surface area contributed by atoms with Gasteiger partial charge in [-0.3, -0.25) is 24.3 Å². The number of rotatable bonds is 14. The van der Waals surface area contributed by atoms with Gasteiger partial charge in [0.25, 0.3) is 11.8 Å². The van der Waals surface area contributed by atoms with Crippen LogP contribution in [-0.4, -0.2) is 56.4 Å². The van der Waals surface area contributed by atoms with Crippen LogP contribution >= 0.6 is 0 Å². The Balaban J connectivity index is 0.00000216. The van der Waals surface area contributed by atoms with E-state index < -0.39 is 24.4 Å². The lowest BCUT2D eigenvalue weighted by molar-refractivity contribution is -0.274. The van der Waals surface area contributed by atoms with Crippen molar-refractivity contribution in [3.05, 3.63) is 83.6 Å². The first-order chi connectivity index (χ1) is 20.7. The molecule has 1 aromatic carbocycles. The van der Waals surface area contributed by atoms with Crippen LogP contribution in [0.25, 0.3) is 0 Å². The van der Waals surface area contributed by atoms with Crippen molar-refractivity contribution in [1.82, 2.24) is 30.3 Å². The predicted molar refractivity (Wildman–Crippen MR) is 143 cm³/mol. The van der Waals surface area contributed by atoms with E-state index in [1.807, 2.05) is 0 Å². The summed E-state index contributed by atoms with van der Waals surface area (Å²) in [6, 6.07) is 7.97. The number of carbonyl (C=O) groups is 2. The second kappa shape index (κ2) is 16.6. The summed E-state index contributed by atoms with van der Waals surface area (Å²) in [5, 5.41) is 14.3. The summed E-state index contributed by atoms with van der Waals surface area (Å²) >= 11 is 0. The summed E-state index contributed by atoms with van der Waals surface area (Å²) in [5.41, 5.74) is 12.0. The van der Waals surface area contributed by atoms with E-state index >= 15 is 0 Å². The molecule has 3 rings (SSSR count). The lowest BCUT2D eigenvalue weighted by Gasteiger charge is -2.15. The monoisotopic (exact) mass is 629 g/mol. The van der Waals surface area contributed by atoms with Crippen molar-refractivity contribution in [1.29, 1.82) is 5.53 Å². The number of benzene rings is 1. The number of amides is 2. The van der Waals surface area contributed by atoms with Crippen LogP contribution in [0.3, 0.4) is 0 Å². The molecule has 238 valence electrons. The molecule has 0 saturated heterocycles. The van der Waals surface area contributed by atoms with Gasteiger partial charge in [0.2, 0.25) is 6.41 Å². The summed E-state index contributed by atoms with van der Waals surface area (Å²) in [4.78, 5) is 24.8. The van der Waals surface area contributed by atoms with E-state index in [-0.39, 0.29) is 55.9 Å². The van der Waals surface area contributed by atoms with Gasteiger partial charge in [-0.2, -0.15) is 5.53 Å². The Morgan fingerprint density at radius 2 is 1.98 bits per heavy atom. The fourth-order valence-electron chi connectivity index (χ4n) is 3.44. The smallest absolute Gasteiger partial charge is 0.406 e. The molecule has 2 heterocycles. The van der Waals surface area contributed by atoms with Crippen molar-refractivity contribution in [2.45, 2.75) is 51.3 Å². The maximum absolute atomic E-state index is 14.5. The molecular weight excluding hydrogens is 600 g/mol. The van der Waals surface area contributed by atoms with Crippen LogP contribution in [0.1, 0.15) is 40.7 Å². The maximum Gasteiger partial charge on any atom is 0.573 e. The summed E-state index contributed by atoms with van der Waals surface area (Å²) in [7, 11) is 0. The Morgan fingerprint density at radius 1 is 1.25 bits per heavy atom. The molecule has 0 radical (unpaired) electrons. The van der Waals surface area contributed by atoms with E-state index in [1.54, 1.807) is 6.07 Å². The number of pyridine rings is 1. The molecule has 2 aromatic heterocycles. The SMILES string of the molecule is CC(F)(F)c1ccc(CNC(=O)c2cn(CCC(F)CN(/C=C/Cc3cccc(OC(F)(F)F)c3)N=N)nn2)nc1.NC=O. The molecule has 0 fully saturated rings. The topological polar surface area (TPSA) is 164 Å². The van der Waals surface area contributed by atoms with Gasteiger partial charge in [-0.25, -0.2) is 13.2 Å². The molecule has 18 heteroatoms. The molecule has 0 spiro atoms. The number of nitrogens with two attached hydrogens (primary N) is 1. The largest absolute Gasteiger partial charge is 0.573 e. The molecule has 12 nitrogen and oxygen atoms in total. The van der Waals surface area contributed by atoms with Crippen molar-refractivity contribution in [3.8, 4) is 5.75 Å². The van der Waals surface area contributed by atoms with Gasteiger partial charge in [0.05, 0.1) is 25.0 Å². The third-order valence-electron chi connectivity index (χ3n) is 5.48. The zero-order valence-corrected chi connectivity index (χ0v) is 23.2. The number of primary amides is 1. The van der Waals surface area contributed by atoms with Gasteiger partial charge in [0, 0.05) is 37.8 Å². The highest BCUT2D eigenvalue weighted by Crippen LogP contribution is 2.26. The second-order valence-corrected chi connectivity index (χ2v) is 9.00. The van der Waals surface area contributed by atoms with E-state index in [1.165, 1.54) is 53.5 Å². The Labute approximate surface area is 247 Å². The van der Waals surface area contributed by atoms with Crippen LogP contribution in [0.15, 0.2) is 66.3 Å². The Bertz CT molecular complexity index is 1380. The van der Waals surface area contributed by atoms with Crippen molar-refractivity contribution in [2.75, 3.05) is 6.54 Å². The Morgan fingerprint density at radius 3 is 2.59 bits per heavy atom. The second-order valence-electron chi connectivity index (χ2n) is 9.00. The number of alkyl halides is 6. The summed E-state index contributed by atoms with van der Waals surface area (Å²) in [6.45, 7) is 0.526. The lowest BCUT2D eigenvalue weighted by atomic mass is 10.1. The van der Waals surface area contributed by atoms with Gasteiger partial charge >= 0.3 is 6.36 Å². The third-order valence-corrected chi connectivity index (χ3v) is 5.48. The van der Waals surface area contributed by atoms with Crippen LogP contribution < -0.4 is 15.8 Å². The average molecular weight is 630 g/mol. The van der Waals surface area contributed by atoms with Crippen LogP contribution in [0, 0.1) is 5.53 Å². The number of halogens is 6. The van der Waals surface area contributed by atoms with Crippen molar-refractivity contribution < 1.29 is 40.7 Å². The fraction of sp³-hybridized carbons (Fsp3) is 0.346. The number of aryl methyl sites for hydroxylation is 1. The van der Waals surface area contributed by atoms with Crippen molar-refractivity contribution >= 4 is 12.3 Å². The highest BCUT2D eigenvalue weighted by molar-refractivity contribution is 5.91. The summed E-state index contributed by atoms with van der Waals surface area (Å²) < 4.78 is 83.3. The van der Waals surface area contributed by atoms with Crippen molar-refractivity contribution in [3.63, 3.8) is 0 Å². The van der Waals surface area contributed by atoms with Crippen LogP contribution in [-0.2, 0) is 30.2 Å². The highest BCUT2D eigenvalue weighted by atomic mass is 19.4. The van der Waals surface area contributed by atoms with Gasteiger partial charge in [0.15, 0.2) is 5.69 Å². The number of nitrogens with zero attached hydrogens (tertiary/aromatic N) is 6. The minimum atomic E-state index is -4.81. The molecule has 0 aliphatic carbocycles. The zero-order valence-electron chi connectivity index (χ0n) is 23.2. The summed E-state index contributed by atoms with van der Waals surface area (Å²) in [6.07, 6.45) is -0.642. The molecule has 0 bridgehead atoms. The van der Waals surface area contributed by atoms with Gasteiger partial charge in [-0.15, -0.1) is 18.3 Å². The number of allylic oxidation sites excluding steroid dienone is 1. The van der Waals surface area contributed by atoms with E-state index in [2.05, 4.69) is 36.3 Å². The van der Waals surface area contributed by atoms with Gasteiger partial charge < -0.3 is 15.8 Å². The standard InChI is InChI=1S/C25H26F6N8O2.CH3NO/c1-24(27,28)18-7-8-20(33-13-18)14-34-23(40)22-16-39(37-35-22)11-9-19(26)15-38(36-32)10-3-5-17-4-2-6-21(12-17)41-25(29,30)31;2-1-3/h2-4,6-8,10,12-13,16,19,32H,5,9,11,14-15H2,1H3,(H,34,40);1H,(H2,2,3)/b10-3+,36-32?;. The minimum absolute atomic E-state index is 0.0272. The van der Waals surface area contributed by atoms with Gasteiger partial charge in [-0.05, 0) is 36.2 Å². The molecule has 1 unspecified atom stereocenters.